The van der Waals surface area contributed by atoms with Gasteiger partial charge in [-0.25, -0.2) is 4.79 Å². The molecule has 23 heavy (non-hydrogen) atoms. The predicted octanol–water partition coefficient (Wildman–Crippen LogP) is 3.23. The molecular formula is C17H24N2O4. The van der Waals surface area contributed by atoms with E-state index in [1.807, 2.05) is 18.2 Å². The second kappa shape index (κ2) is 7.44. The number of benzene rings is 1. The van der Waals surface area contributed by atoms with E-state index in [1.165, 1.54) is 0 Å². The molecule has 126 valence electrons. The van der Waals surface area contributed by atoms with Gasteiger partial charge in [-0.1, -0.05) is 13.3 Å². The number of carbonyl (C=O) groups is 1. The van der Waals surface area contributed by atoms with Gasteiger partial charge in [0.05, 0.1) is 6.61 Å². The van der Waals surface area contributed by atoms with Crippen LogP contribution in [0.1, 0.15) is 32.6 Å². The Labute approximate surface area is 136 Å². The minimum atomic E-state index is -0.181. The van der Waals surface area contributed by atoms with Crippen LogP contribution in [-0.4, -0.2) is 43.5 Å². The largest absolute Gasteiger partial charge is 0.454 e. The molecule has 0 aromatic heterocycles. The molecule has 6 nitrogen and oxygen atoms in total. The molecule has 1 amide bonds. The van der Waals surface area contributed by atoms with Crippen LogP contribution in [0.4, 0.5) is 10.5 Å². The molecule has 0 aliphatic carbocycles. The standard InChI is InChI=1S/C17H24N2O4/c1-2-3-10-21-17(20)19-8-6-13(7-9-19)18-14-4-5-15-16(11-14)23-12-22-15/h4-5,11,13,18H,2-3,6-10,12H2,1H3. The van der Waals surface area contributed by atoms with Crippen LogP contribution in [0, 0.1) is 0 Å². The summed E-state index contributed by atoms with van der Waals surface area (Å²) in [4.78, 5) is 13.7. The Balaban J connectivity index is 1.45. The number of hydrogen-bond acceptors (Lipinski definition) is 5. The van der Waals surface area contributed by atoms with Crippen LogP contribution in [0.5, 0.6) is 11.5 Å². The maximum Gasteiger partial charge on any atom is 0.409 e. The van der Waals surface area contributed by atoms with Crippen LogP contribution < -0.4 is 14.8 Å². The molecule has 2 aliphatic heterocycles. The number of piperidine rings is 1. The first kappa shape index (κ1) is 15.8. The van der Waals surface area contributed by atoms with E-state index in [4.69, 9.17) is 14.2 Å². The van der Waals surface area contributed by atoms with E-state index in [-0.39, 0.29) is 12.9 Å². The van der Waals surface area contributed by atoms with Gasteiger partial charge in [-0.05, 0) is 31.4 Å². The third-order valence-corrected chi connectivity index (χ3v) is 4.22. The van der Waals surface area contributed by atoms with Gasteiger partial charge in [-0.15, -0.1) is 0 Å². The highest BCUT2D eigenvalue weighted by molar-refractivity contribution is 5.67. The van der Waals surface area contributed by atoms with Crippen molar-refractivity contribution in [3.05, 3.63) is 18.2 Å². The number of nitrogens with one attached hydrogen (secondary N) is 1. The number of amides is 1. The fourth-order valence-electron chi connectivity index (χ4n) is 2.82. The second-order valence-corrected chi connectivity index (χ2v) is 5.94. The van der Waals surface area contributed by atoms with Crippen molar-refractivity contribution < 1.29 is 19.0 Å². The monoisotopic (exact) mass is 320 g/mol. The lowest BCUT2D eigenvalue weighted by Crippen LogP contribution is -2.42. The molecule has 1 aromatic rings. The SMILES string of the molecule is CCCCOC(=O)N1CCC(Nc2ccc3c(c2)OCO3)CC1. The third kappa shape index (κ3) is 4.00. The first-order chi connectivity index (χ1) is 11.3. The van der Waals surface area contributed by atoms with Gasteiger partial charge >= 0.3 is 6.09 Å². The van der Waals surface area contributed by atoms with Gasteiger partial charge < -0.3 is 24.4 Å². The second-order valence-electron chi connectivity index (χ2n) is 5.94. The van der Waals surface area contributed by atoms with Crippen molar-refractivity contribution >= 4 is 11.8 Å². The molecule has 1 N–H and O–H groups in total. The summed E-state index contributed by atoms with van der Waals surface area (Å²) in [6, 6.07) is 6.24. The average molecular weight is 320 g/mol. The van der Waals surface area contributed by atoms with Crippen molar-refractivity contribution in [1.82, 2.24) is 4.90 Å². The molecule has 1 aromatic carbocycles. The average Bonchev–Trinajstić information content (AvgIpc) is 3.03. The highest BCUT2D eigenvalue weighted by Crippen LogP contribution is 2.34. The van der Waals surface area contributed by atoms with Crippen LogP contribution >= 0.6 is 0 Å². The minimum absolute atomic E-state index is 0.181. The van der Waals surface area contributed by atoms with E-state index in [0.29, 0.717) is 12.6 Å². The summed E-state index contributed by atoms with van der Waals surface area (Å²) in [5.74, 6) is 1.58. The van der Waals surface area contributed by atoms with Crippen molar-refractivity contribution in [3.63, 3.8) is 0 Å². The first-order valence-electron chi connectivity index (χ1n) is 8.34. The Hall–Kier alpha value is -2.11. The van der Waals surface area contributed by atoms with Gasteiger partial charge in [0.2, 0.25) is 6.79 Å². The molecule has 0 atom stereocenters. The summed E-state index contributed by atoms with van der Waals surface area (Å²) < 4.78 is 16.0. The van der Waals surface area contributed by atoms with E-state index in [2.05, 4.69) is 12.2 Å². The molecule has 0 spiro atoms. The molecule has 0 bridgehead atoms. The zero-order chi connectivity index (χ0) is 16.1. The smallest absolute Gasteiger partial charge is 0.409 e. The molecule has 2 aliphatic rings. The van der Waals surface area contributed by atoms with Crippen LogP contribution in [0.15, 0.2) is 18.2 Å². The third-order valence-electron chi connectivity index (χ3n) is 4.22. The number of anilines is 1. The van der Waals surface area contributed by atoms with Crippen molar-refractivity contribution in [3.8, 4) is 11.5 Å². The maximum absolute atomic E-state index is 11.9. The quantitative estimate of drug-likeness (QED) is 0.844. The summed E-state index contributed by atoms with van der Waals surface area (Å²) >= 11 is 0. The number of fused-ring (bicyclic) bond motifs is 1. The lowest BCUT2D eigenvalue weighted by atomic mass is 10.0. The predicted molar refractivity (Wildman–Crippen MR) is 87.0 cm³/mol. The zero-order valence-corrected chi connectivity index (χ0v) is 13.5. The number of carbonyl (C=O) groups excluding carboxylic acids is 1. The molecule has 2 heterocycles. The lowest BCUT2D eigenvalue weighted by molar-refractivity contribution is 0.0928. The van der Waals surface area contributed by atoms with Gasteiger partial charge in [-0.2, -0.15) is 0 Å². The fraction of sp³-hybridized carbons (Fsp3) is 0.588. The van der Waals surface area contributed by atoms with Gasteiger partial charge in [0.1, 0.15) is 0 Å². The Morgan fingerprint density at radius 1 is 1.30 bits per heavy atom. The molecule has 6 heteroatoms. The molecule has 0 radical (unpaired) electrons. The molecule has 0 saturated carbocycles. The lowest BCUT2D eigenvalue weighted by Gasteiger charge is -2.32. The molecule has 0 unspecified atom stereocenters. The number of hydrogen-bond donors (Lipinski definition) is 1. The summed E-state index contributed by atoms with van der Waals surface area (Å²) in [5.41, 5.74) is 1.03. The minimum Gasteiger partial charge on any atom is -0.454 e. The van der Waals surface area contributed by atoms with E-state index >= 15 is 0 Å². The zero-order valence-electron chi connectivity index (χ0n) is 13.5. The van der Waals surface area contributed by atoms with Crippen LogP contribution in [0.25, 0.3) is 0 Å². The van der Waals surface area contributed by atoms with Crippen LogP contribution in [-0.2, 0) is 4.74 Å². The van der Waals surface area contributed by atoms with Crippen molar-refractivity contribution in [2.75, 3.05) is 31.8 Å². The molecule has 1 saturated heterocycles. The van der Waals surface area contributed by atoms with Gasteiger partial charge in [0, 0.05) is 30.9 Å². The highest BCUT2D eigenvalue weighted by Gasteiger charge is 2.24. The summed E-state index contributed by atoms with van der Waals surface area (Å²) in [6.45, 7) is 4.35. The Morgan fingerprint density at radius 2 is 2.09 bits per heavy atom. The Kier molecular flexibility index (Phi) is 5.10. The first-order valence-corrected chi connectivity index (χ1v) is 8.34. The highest BCUT2D eigenvalue weighted by atomic mass is 16.7. The molecule has 3 rings (SSSR count). The molecule has 1 fully saturated rings. The van der Waals surface area contributed by atoms with E-state index in [1.54, 1.807) is 4.90 Å². The van der Waals surface area contributed by atoms with E-state index in [9.17, 15) is 4.79 Å². The Bertz CT molecular complexity index is 541. The van der Waals surface area contributed by atoms with Crippen LogP contribution in [0.2, 0.25) is 0 Å². The topological polar surface area (TPSA) is 60.0 Å². The van der Waals surface area contributed by atoms with E-state index < -0.39 is 0 Å². The maximum atomic E-state index is 11.9. The van der Waals surface area contributed by atoms with Crippen molar-refractivity contribution in [2.45, 2.75) is 38.6 Å². The number of nitrogens with zero attached hydrogens (tertiary/aromatic N) is 1. The van der Waals surface area contributed by atoms with Crippen molar-refractivity contribution in [1.29, 1.82) is 0 Å². The number of unbranched alkanes of at least 4 members (excludes halogenated alkanes) is 1. The number of likely N-dealkylation sites (tertiary alicyclic amines) is 1. The van der Waals surface area contributed by atoms with Crippen LogP contribution in [0.3, 0.4) is 0 Å². The summed E-state index contributed by atoms with van der Waals surface area (Å²) in [5, 5.41) is 3.51. The van der Waals surface area contributed by atoms with Gasteiger partial charge in [-0.3, -0.25) is 0 Å². The molecular weight excluding hydrogens is 296 g/mol. The number of rotatable bonds is 5. The summed E-state index contributed by atoms with van der Waals surface area (Å²) in [6.07, 6.45) is 3.61. The normalized spacial score (nSPS) is 17.2. The van der Waals surface area contributed by atoms with Crippen molar-refractivity contribution in [2.24, 2.45) is 0 Å². The Morgan fingerprint density at radius 3 is 2.87 bits per heavy atom. The van der Waals surface area contributed by atoms with E-state index in [0.717, 1.165) is 56.0 Å². The van der Waals surface area contributed by atoms with Gasteiger partial charge in [0.15, 0.2) is 11.5 Å². The summed E-state index contributed by atoms with van der Waals surface area (Å²) in [7, 11) is 0. The number of ether oxygens (including phenoxy) is 3. The van der Waals surface area contributed by atoms with Gasteiger partial charge in [0.25, 0.3) is 0 Å². The fourth-order valence-corrected chi connectivity index (χ4v) is 2.82.